The van der Waals surface area contributed by atoms with Gasteiger partial charge in [-0.3, -0.25) is 9.59 Å². The second-order valence-electron chi connectivity index (χ2n) is 5.07. The summed E-state index contributed by atoms with van der Waals surface area (Å²) >= 11 is 0. The number of hydrogen-bond acceptors (Lipinski definition) is 2. The summed E-state index contributed by atoms with van der Waals surface area (Å²) in [5.74, 6) is -4.01. The molecule has 0 saturated carbocycles. The van der Waals surface area contributed by atoms with Crippen LogP contribution in [0, 0.1) is 11.7 Å². The predicted octanol–water partition coefficient (Wildman–Crippen LogP) is 2.78. The SMILES string of the molecule is O=C(O)C1CCN(C(=O)c2cccc(C(F)(F)F)c2F)CC1. The van der Waals surface area contributed by atoms with E-state index in [1.54, 1.807) is 0 Å². The van der Waals surface area contributed by atoms with Crippen molar-refractivity contribution in [2.45, 2.75) is 19.0 Å². The minimum Gasteiger partial charge on any atom is -0.481 e. The Balaban J connectivity index is 2.19. The molecule has 1 aromatic rings. The Morgan fingerprint density at radius 3 is 2.27 bits per heavy atom. The molecule has 1 amide bonds. The first-order chi connectivity index (χ1) is 10.2. The quantitative estimate of drug-likeness (QED) is 0.853. The highest BCUT2D eigenvalue weighted by Crippen LogP contribution is 2.33. The molecule has 1 aliphatic heterocycles. The van der Waals surface area contributed by atoms with Gasteiger partial charge in [0.25, 0.3) is 5.91 Å². The molecule has 1 fully saturated rings. The number of amides is 1. The van der Waals surface area contributed by atoms with Crippen LogP contribution in [0.25, 0.3) is 0 Å². The maximum atomic E-state index is 13.9. The topological polar surface area (TPSA) is 57.6 Å². The van der Waals surface area contributed by atoms with Crippen LogP contribution in [0.4, 0.5) is 17.6 Å². The summed E-state index contributed by atoms with van der Waals surface area (Å²) < 4.78 is 51.9. The van der Waals surface area contributed by atoms with Crippen LogP contribution < -0.4 is 0 Å². The van der Waals surface area contributed by atoms with E-state index in [1.165, 1.54) is 4.90 Å². The van der Waals surface area contributed by atoms with E-state index < -0.39 is 40.9 Å². The standard InChI is InChI=1S/C14H13F4NO3/c15-11-9(2-1-3-10(11)14(16,17)18)12(20)19-6-4-8(5-7-19)13(21)22/h1-3,8H,4-7H2,(H,21,22). The second-order valence-corrected chi connectivity index (χ2v) is 5.07. The molecule has 0 unspecified atom stereocenters. The number of piperidine rings is 1. The smallest absolute Gasteiger partial charge is 0.419 e. The number of benzene rings is 1. The van der Waals surface area contributed by atoms with Gasteiger partial charge in [0.2, 0.25) is 0 Å². The molecule has 2 rings (SSSR count). The molecule has 120 valence electrons. The van der Waals surface area contributed by atoms with E-state index in [9.17, 15) is 27.2 Å². The van der Waals surface area contributed by atoms with E-state index in [0.717, 1.165) is 12.1 Å². The van der Waals surface area contributed by atoms with Crippen LogP contribution in [0.1, 0.15) is 28.8 Å². The van der Waals surface area contributed by atoms with Crippen molar-refractivity contribution >= 4 is 11.9 Å². The molecule has 22 heavy (non-hydrogen) atoms. The van der Waals surface area contributed by atoms with Crippen molar-refractivity contribution in [3.8, 4) is 0 Å². The van der Waals surface area contributed by atoms with Gasteiger partial charge in [-0.05, 0) is 25.0 Å². The number of carbonyl (C=O) groups excluding carboxylic acids is 1. The van der Waals surface area contributed by atoms with Gasteiger partial charge in [-0.25, -0.2) is 4.39 Å². The van der Waals surface area contributed by atoms with Gasteiger partial charge in [-0.1, -0.05) is 6.07 Å². The number of likely N-dealkylation sites (tertiary alicyclic amines) is 1. The molecule has 0 aliphatic carbocycles. The molecule has 1 heterocycles. The summed E-state index contributed by atoms with van der Waals surface area (Å²) in [4.78, 5) is 24.1. The monoisotopic (exact) mass is 319 g/mol. The van der Waals surface area contributed by atoms with E-state index in [4.69, 9.17) is 5.11 Å². The zero-order chi connectivity index (χ0) is 16.5. The maximum absolute atomic E-state index is 13.9. The average Bonchev–Trinajstić information content (AvgIpc) is 2.45. The number of carboxylic acid groups (broad SMARTS) is 1. The largest absolute Gasteiger partial charge is 0.481 e. The van der Waals surface area contributed by atoms with Gasteiger partial charge in [0.1, 0.15) is 5.82 Å². The molecule has 1 aliphatic rings. The van der Waals surface area contributed by atoms with Gasteiger partial charge in [-0.2, -0.15) is 13.2 Å². The summed E-state index contributed by atoms with van der Waals surface area (Å²) in [5, 5.41) is 8.86. The summed E-state index contributed by atoms with van der Waals surface area (Å²) in [6.07, 6.45) is -4.49. The number of nitrogens with zero attached hydrogens (tertiary/aromatic N) is 1. The lowest BCUT2D eigenvalue weighted by Crippen LogP contribution is -2.40. The molecular formula is C14H13F4NO3. The van der Waals surface area contributed by atoms with Crippen molar-refractivity contribution < 1.29 is 32.3 Å². The first-order valence-corrected chi connectivity index (χ1v) is 6.59. The summed E-state index contributed by atoms with van der Waals surface area (Å²) in [5.41, 5.74) is -2.14. The minimum atomic E-state index is -4.88. The molecule has 4 nitrogen and oxygen atoms in total. The van der Waals surface area contributed by atoms with Gasteiger partial charge in [0.15, 0.2) is 0 Å². The van der Waals surface area contributed by atoms with Gasteiger partial charge in [0, 0.05) is 13.1 Å². The van der Waals surface area contributed by atoms with Crippen LogP contribution in [0.5, 0.6) is 0 Å². The van der Waals surface area contributed by atoms with Crippen LogP contribution in [-0.2, 0) is 11.0 Å². The number of halogens is 4. The molecule has 1 N–H and O–H groups in total. The summed E-state index contributed by atoms with van der Waals surface area (Å²) in [6, 6.07) is 2.54. The van der Waals surface area contributed by atoms with Crippen molar-refractivity contribution in [1.82, 2.24) is 4.90 Å². The average molecular weight is 319 g/mol. The minimum absolute atomic E-state index is 0.0749. The molecule has 1 saturated heterocycles. The van der Waals surface area contributed by atoms with Gasteiger partial charge in [0.05, 0.1) is 17.0 Å². The normalized spacial score (nSPS) is 16.6. The number of rotatable bonds is 2. The number of alkyl halides is 3. The Morgan fingerprint density at radius 1 is 1.18 bits per heavy atom. The Bertz CT molecular complexity index is 592. The fourth-order valence-corrected chi connectivity index (χ4v) is 2.42. The molecule has 8 heteroatoms. The third-order valence-corrected chi connectivity index (χ3v) is 3.67. The lowest BCUT2D eigenvalue weighted by molar-refractivity contribution is -0.143. The molecule has 1 aromatic carbocycles. The molecule has 0 aromatic heterocycles. The van der Waals surface area contributed by atoms with Crippen LogP contribution in [0.3, 0.4) is 0 Å². The Hall–Kier alpha value is -2.12. The maximum Gasteiger partial charge on any atom is 0.419 e. The van der Waals surface area contributed by atoms with Gasteiger partial charge < -0.3 is 10.0 Å². The third kappa shape index (κ3) is 3.20. The number of hydrogen-bond donors (Lipinski definition) is 1. The lowest BCUT2D eigenvalue weighted by atomic mass is 9.96. The van der Waals surface area contributed by atoms with Crippen LogP contribution in [0.15, 0.2) is 18.2 Å². The summed E-state index contributed by atoms with van der Waals surface area (Å²) in [6.45, 7) is 0.150. The highest BCUT2D eigenvalue weighted by atomic mass is 19.4. The van der Waals surface area contributed by atoms with Crippen LogP contribution >= 0.6 is 0 Å². The fourth-order valence-electron chi connectivity index (χ4n) is 2.42. The highest BCUT2D eigenvalue weighted by Gasteiger charge is 2.37. The lowest BCUT2D eigenvalue weighted by Gasteiger charge is -2.30. The number of aliphatic carboxylic acids is 1. The molecule has 0 spiro atoms. The van der Waals surface area contributed by atoms with Crippen molar-refractivity contribution in [2.75, 3.05) is 13.1 Å². The first-order valence-electron chi connectivity index (χ1n) is 6.59. The van der Waals surface area contributed by atoms with Crippen LogP contribution in [0.2, 0.25) is 0 Å². The van der Waals surface area contributed by atoms with Crippen molar-refractivity contribution in [3.05, 3.63) is 35.1 Å². The van der Waals surface area contributed by atoms with E-state index in [1.807, 2.05) is 0 Å². The van der Waals surface area contributed by atoms with Gasteiger partial charge >= 0.3 is 12.1 Å². The zero-order valence-corrected chi connectivity index (χ0v) is 11.4. The highest BCUT2D eigenvalue weighted by molar-refractivity contribution is 5.95. The molecule has 0 atom stereocenters. The first kappa shape index (κ1) is 16.3. The number of carbonyl (C=O) groups is 2. The van der Waals surface area contributed by atoms with E-state index in [2.05, 4.69) is 0 Å². The molecule has 0 bridgehead atoms. The Labute approximate surface area is 123 Å². The van der Waals surface area contributed by atoms with E-state index in [-0.39, 0.29) is 25.9 Å². The zero-order valence-electron chi connectivity index (χ0n) is 11.4. The van der Waals surface area contributed by atoms with Crippen molar-refractivity contribution in [1.29, 1.82) is 0 Å². The molecular weight excluding hydrogens is 306 g/mol. The second kappa shape index (κ2) is 5.94. The van der Waals surface area contributed by atoms with Crippen molar-refractivity contribution in [3.63, 3.8) is 0 Å². The number of carboxylic acids is 1. The molecule has 0 radical (unpaired) electrons. The van der Waals surface area contributed by atoms with E-state index in [0.29, 0.717) is 6.07 Å². The summed E-state index contributed by atoms with van der Waals surface area (Å²) in [7, 11) is 0. The van der Waals surface area contributed by atoms with Crippen LogP contribution in [-0.4, -0.2) is 35.0 Å². The Kier molecular flexibility index (Phi) is 4.39. The predicted molar refractivity (Wildman–Crippen MR) is 67.7 cm³/mol. The van der Waals surface area contributed by atoms with Crippen molar-refractivity contribution in [2.24, 2.45) is 5.92 Å². The third-order valence-electron chi connectivity index (χ3n) is 3.67. The van der Waals surface area contributed by atoms with E-state index >= 15 is 0 Å². The fraction of sp³-hybridized carbons (Fsp3) is 0.429. The van der Waals surface area contributed by atoms with Gasteiger partial charge in [-0.15, -0.1) is 0 Å². The Morgan fingerprint density at radius 2 is 1.77 bits per heavy atom.